The highest BCUT2D eigenvalue weighted by atomic mass is 16.6. The number of nitrogens with two attached hydrogens (primary N) is 1. The number of nitrogen functional groups attached to an aromatic ring is 1. The van der Waals surface area contributed by atoms with E-state index >= 15 is 0 Å². The van der Waals surface area contributed by atoms with E-state index in [9.17, 15) is 14.9 Å². The lowest BCUT2D eigenvalue weighted by atomic mass is 10.0. The van der Waals surface area contributed by atoms with Crippen LogP contribution in [0.2, 0.25) is 0 Å². The molecule has 0 saturated carbocycles. The molecule has 2 aromatic carbocycles. The molecule has 0 fully saturated rings. The molecule has 0 spiro atoms. The Morgan fingerprint density at radius 3 is 1.74 bits per heavy atom. The van der Waals surface area contributed by atoms with Gasteiger partial charge in [0.05, 0.1) is 4.92 Å². The predicted molar refractivity (Wildman–Crippen MR) is 175 cm³/mol. The molecule has 0 atom stereocenters. The number of hydrogen-bond acceptors (Lipinski definition) is 5. The number of likely N-dealkylation sites (N-methyl/N-ethyl adjacent to an activating group) is 1. The zero-order chi connectivity index (χ0) is 30.4. The maximum absolute atomic E-state index is 13.0. The fourth-order valence-corrected chi connectivity index (χ4v) is 5.00. The van der Waals surface area contributed by atoms with Gasteiger partial charge in [-0.25, -0.2) is 0 Å². The summed E-state index contributed by atoms with van der Waals surface area (Å²) in [7, 11) is 1.82. The normalized spacial score (nSPS) is 11.4. The zero-order valence-corrected chi connectivity index (χ0v) is 26.0. The number of carbonyl (C=O) groups excluding carboxylic acids is 1. The summed E-state index contributed by atoms with van der Waals surface area (Å²) in [6.07, 6.45) is 22.7. The van der Waals surface area contributed by atoms with E-state index in [2.05, 4.69) is 6.92 Å². The van der Waals surface area contributed by atoms with Gasteiger partial charge in [0.15, 0.2) is 0 Å². The summed E-state index contributed by atoms with van der Waals surface area (Å²) in [6.45, 7) is 3.12. The van der Waals surface area contributed by atoms with Crippen LogP contribution in [0.3, 0.4) is 0 Å². The molecule has 1 amide bonds. The summed E-state index contributed by atoms with van der Waals surface area (Å²) in [5.41, 5.74) is 7.77. The Morgan fingerprint density at radius 1 is 0.786 bits per heavy atom. The van der Waals surface area contributed by atoms with Crippen LogP contribution in [0.1, 0.15) is 115 Å². The molecule has 0 heterocycles. The van der Waals surface area contributed by atoms with Gasteiger partial charge in [-0.15, -0.1) is 0 Å². The molecule has 7 heteroatoms. The summed E-state index contributed by atoms with van der Waals surface area (Å²) in [5.74, 6) is 0.524. The molecule has 0 aromatic heterocycles. The Hall–Kier alpha value is -3.35. The number of carbonyl (C=O) groups is 1. The molecule has 7 nitrogen and oxygen atoms in total. The summed E-state index contributed by atoms with van der Waals surface area (Å²) in [6, 6.07) is 13.2. The minimum Gasteiger partial charge on any atom is -0.489 e. The molecule has 0 aliphatic heterocycles. The molecule has 232 valence electrons. The largest absolute Gasteiger partial charge is 0.489 e. The van der Waals surface area contributed by atoms with Crippen molar-refractivity contribution >= 4 is 22.9 Å². The van der Waals surface area contributed by atoms with Gasteiger partial charge in [-0.3, -0.25) is 14.9 Å². The molecule has 0 bridgehead atoms. The second-order valence-corrected chi connectivity index (χ2v) is 11.4. The number of nitro benzene ring substituents is 1. The highest BCUT2D eigenvalue weighted by molar-refractivity contribution is 5.95. The third-order valence-corrected chi connectivity index (χ3v) is 7.74. The van der Waals surface area contributed by atoms with Crippen molar-refractivity contribution in [1.82, 2.24) is 4.90 Å². The van der Waals surface area contributed by atoms with Gasteiger partial charge in [0.1, 0.15) is 12.4 Å². The average molecular weight is 580 g/mol. The first kappa shape index (κ1) is 34.8. The van der Waals surface area contributed by atoms with Crippen LogP contribution in [0.15, 0.2) is 54.6 Å². The fraction of sp³-hybridized carbons (Fsp3) is 0.571. The van der Waals surface area contributed by atoms with Gasteiger partial charge in [-0.1, -0.05) is 103 Å². The number of benzene rings is 2. The number of rotatable bonds is 23. The van der Waals surface area contributed by atoms with Crippen molar-refractivity contribution in [3.63, 3.8) is 0 Å². The van der Waals surface area contributed by atoms with Crippen LogP contribution >= 0.6 is 0 Å². The monoisotopic (exact) mass is 579 g/mol. The first-order valence-electron chi connectivity index (χ1n) is 16.1. The van der Waals surface area contributed by atoms with Gasteiger partial charge in [-0.05, 0) is 48.4 Å². The van der Waals surface area contributed by atoms with E-state index in [1.807, 2.05) is 7.05 Å². The van der Waals surface area contributed by atoms with E-state index < -0.39 is 4.92 Å². The maximum atomic E-state index is 13.0. The van der Waals surface area contributed by atoms with Crippen molar-refractivity contribution in [2.75, 3.05) is 25.9 Å². The summed E-state index contributed by atoms with van der Waals surface area (Å²) in [4.78, 5) is 25.4. The van der Waals surface area contributed by atoms with Crippen molar-refractivity contribution in [1.29, 1.82) is 0 Å². The van der Waals surface area contributed by atoms with E-state index in [1.54, 1.807) is 47.4 Å². The van der Waals surface area contributed by atoms with Crippen molar-refractivity contribution in [2.24, 2.45) is 0 Å². The molecule has 0 unspecified atom stereocenters. The van der Waals surface area contributed by atoms with Crippen molar-refractivity contribution < 1.29 is 14.5 Å². The van der Waals surface area contributed by atoms with E-state index in [0.29, 0.717) is 29.1 Å². The fourth-order valence-electron chi connectivity index (χ4n) is 5.00. The smallest absolute Gasteiger partial charge is 0.269 e. The second kappa shape index (κ2) is 21.4. The first-order valence-corrected chi connectivity index (χ1v) is 16.1. The van der Waals surface area contributed by atoms with Gasteiger partial charge < -0.3 is 15.4 Å². The van der Waals surface area contributed by atoms with Gasteiger partial charge in [0, 0.05) is 43.1 Å². The molecule has 42 heavy (non-hydrogen) atoms. The number of nitro groups is 1. The molecular weight excluding hydrogens is 526 g/mol. The zero-order valence-electron chi connectivity index (χ0n) is 26.0. The molecule has 2 rings (SSSR count). The number of nitrogens with zero attached hydrogens (tertiary/aromatic N) is 2. The number of non-ortho nitro benzene ring substituents is 1. The highest BCUT2D eigenvalue weighted by Gasteiger charge is 2.12. The van der Waals surface area contributed by atoms with Crippen LogP contribution in [0.5, 0.6) is 5.75 Å². The Kier molecular flexibility index (Phi) is 17.7. The van der Waals surface area contributed by atoms with Crippen molar-refractivity contribution in [2.45, 2.75) is 110 Å². The van der Waals surface area contributed by atoms with Crippen LogP contribution in [-0.2, 0) is 4.79 Å². The predicted octanol–water partition coefficient (Wildman–Crippen LogP) is 9.36. The van der Waals surface area contributed by atoms with Crippen LogP contribution < -0.4 is 10.5 Å². The molecule has 2 N–H and O–H groups in total. The van der Waals surface area contributed by atoms with Gasteiger partial charge >= 0.3 is 0 Å². The van der Waals surface area contributed by atoms with Crippen LogP contribution in [0.4, 0.5) is 11.4 Å². The molecule has 2 aromatic rings. The molecule has 0 aliphatic rings. The molecule has 0 aliphatic carbocycles. The average Bonchev–Trinajstić information content (AvgIpc) is 2.99. The molecule has 0 saturated heterocycles. The van der Waals surface area contributed by atoms with E-state index in [-0.39, 0.29) is 18.2 Å². The third-order valence-electron chi connectivity index (χ3n) is 7.74. The van der Waals surface area contributed by atoms with Crippen LogP contribution in [-0.4, -0.2) is 35.9 Å². The van der Waals surface area contributed by atoms with E-state index in [0.717, 1.165) is 12.8 Å². The number of amides is 1. The molecule has 0 radical (unpaired) electrons. The van der Waals surface area contributed by atoms with Gasteiger partial charge in [0.2, 0.25) is 5.91 Å². The number of hydrogen-bond donors (Lipinski definition) is 1. The summed E-state index contributed by atoms with van der Waals surface area (Å²) < 4.78 is 5.90. The maximum Gasteiger partial charge on any atom is 0.269 e. The first-order chi connectivity index (χ1) is 20.4. The Balaban J connectivity index is 1.68. The second-order valence-electron chi connectivity index (χ2n) is 11.4. The molecular formula is C35H53N3O4. The minimum absolute atomic E-state index is 0.00416. The number of ether oxygens (including phenoxy) is 1. The van der Waals surface area contributed by atoms with Gasteiger partial charge in [-0.2, -0.15) is 0 Å². The number of unbranched alkanes of at least 4 members (excludes halogenated alkanes) is 15. The lowest BCUT2D eigenvalue weighted by molar-refractivity contribution is -0.384. The van der Waals surface area contributed by atoms with Crippen LogP contribution in [0.25, 0.3) is 5.57 Å². The third kappa shape index (κ3) is 15.0. The van der Waals surface area contributed by atoms with E-state index in [4.69, 9.17) is 10.5 Å². The van der Waals surface area contributed by atoms with Crippen molar-refractivity contribution in [3.05, 3.63) is 70.3 Å². The topological polar surface area (TPSA) is 98.7 Å². The Morgan fingerprint density at radius 2 is 1.26 bits per heavy atom. The Labute approximate surface area is 253 Å². The van der Waals surface area contributed by atoms with Gasteiger partial charge in [0.25, 0.3) is 5.69 Å². The number of anilines is 1. The Bertz CT molecular complexity index is 1050. The van der Waals surface area contributed by atoms with Crippen LogP contribution in [0, 0.1) is 10.1 Å². The van der Waals surface area contributed by atoms with E-state index in [1.165, 1.54) is 102 Å². The summed E-state index contributed by atoms with van der Waals surface area (Å²) in [5, 5.41) is 11.1. The quantitative estimate of drug-likeness (QED) is 0.0465. The SMILES string of the molecule is CCCCCCCCCCCCCCCCCCN(C)C(=O)C=C(COc1ccc(N)cc1)c1ccc([N+](=O)[O-])cc1. The lowest BCUT2D eigenvalue weighted by Gasteiger charge is -2.17. The summed E-state index contributed by atoms with van der Waals surface area (Å²) >= 11 is 0. The minimum atomic E-state index is -0.436. The van der Waals surface area contributed by atoms with Crippen molar-refractivity contribution in [3.8, 4) is 5.75 Å². The standard InChI is InChI=1S/C35H53N3O4/c1-3-4-5-6-7-8-9-10-11-12-13-14-15-16-17-18-27-37(2)35(39)28-31(29-42-34-25-21-32(36)22-26-34)30-19-23-33(24-20-30)38(40)41/h19-26,28H,3-18,27,29,36H2,1-2H3. The lowest BCUT2D eigenvalue weighted by Crippen LogP contribution is -2.26. The highest BCUT2D eigenvalue weighted by Crippen LogP contribution is 2.22.